The number of hydrogen-bond acceptors (Lipinski definition) is 3. The Bertz CT molecular complexity index is 757. The SMILES string of the molecule is C[C@H]1[C@@H]2CCN1c1ccc(-c3cccc(C(F)(F)F)c3)nc1N2. The first kappa shape index (κ1) is 14.4. The van der Waals surface area contributed by atoms with Gasteiger partial charge in [-0.2, -0.15) is 13.2 Å². The zero-order valence-corrected chi connectivity index (χ0v) is 12.6. The van der Waals surface area contributed by atoms with Crippen molar-refractivity contribution in [1.82, 2.24) is 4.98 Å². The first-order valence-electron chi connectivity index (χ1n) is 7.65. The van der Waals surface area contributed by atoms with Crippen molar-refractivity contribution < 1.29 is 13.2 Å². The molecule has 2 atom stereocenters. The molecular weight excluding hydrogens is 303 g/mol. The number of fused-ring (bicyclic) bond motifs is 4. The minimum Gasteiger partial charge on any atom is -0.364 e. The highest BCUT2D eigenvalue weighted by Gasteiger charge is 2.37. The fourth-order valence-corrected chi connectivity index (χ4v) is 3.45. The van der Waals surface area contributed by atoms with Crippen LogP contribution in [0.1, 0.15) is 18.9 Å². The Kier molecular flexibility index (Phi) is 3.04. The third-order valence-electron chi connectivity index (χ3n) is 4.75. The molecule has 1 saturated heterocycles. The molecule has 0 amide bonds. The van der Waals surface area contributed by atoms with Gasteiger partial charge in [0.25, 0.3) is 0 Å². The maximum Gasteiger partial charge on any atom is 0.416 e. The summed E-state index contributed by atoms with van der Waals surface area (Å²) in [7, 11) is 0. The van der Waals surface area contributed by atoms with E-state index < -0.39 is 11.7 Å². The van der Waals surface area contributed by atoms with Crippen molar-refractivity contribution in [3.63, 3.8) is 0 Å². The number of nitrogens with zero attached hydrogens (tertiary/aromatic N) is 2. The molecule has 2 aliphatic rings. The largest absolute Gasteiger partial charge is 0.416 e. The summed E-state index contributed by atoms with van der Waals surface area (Å²) < 4.78 is 38.6. The number of anilines is 2. The lowest BCUT2D eigenvalue weighted by molar-refractivity contribution is -0.137. The van der Waals surface area contributed by atoms with Crippen molar-refractivity contribution >= 4 is 11.5 Å². The molecule has 0 spiro atoms. The fourth-order valence-electron chi connectivity index (χ4n) is 3.45. The Labute approximate surface area is 132 Å². The molecule has 1 aromatic carbocycles. The summed E-state index contributed by atoms with van der Waals surface area (Å²) in [4.78, 5) is 6.87. The molecule has 3 heterocycles. The molecule has 4 rings (SSSR count). The molecule has 1 fully saturated rings. The third-order valence-corrected chi connectivity index (χ3v) is 4.75. The normalized spacial score (nSPS) is 22.7. The van der Waals surface area contributed by atoms with E-state index in [0.717, 1.165) is 36.6 Å². The van der Waals surface area contributed by atoms with Crippen molar-refractivity contribution in [1.29, 1.82) is 0 Å². The van der Waals surface area contributed by atoms with Gasteiger partial charge < -0.3 is 10.2 Å². The van der Waals surface area contributed by atoms with Gasteiger partial charge in [0.1, 0.15) is 0 Å². The van der Waals surface area contributed by atoms with Crippen LogP contribution in [0.5, 0.6) is 0 Å². The monoisotopic (exact) mass is 319 g/mol. The van der Waals surface area contributed by atoms with Crippen molar-refractivity contribution in [2.75, 3.05) is 16.8 Å². The van der Waals surface area contributed by atoms with E-state index in [0.29, 0.717) is 23.3 Å². The Hall–Kier alpha value is -2.24. The molecule has 23 heavy (non-hydrogen) atoms. The number of rotatable bonds is 1. The predicted octanol–water partition coefficient (Wildman–Crippen LogP) is 4.16. The lowest BCUT2D eigenvalue weighted by atomic mass is 10.1. The zero-order valence-electron chi connectivity index (χ0n) is 12.6. The van der Waals surface area contributed by atoms with Gasteiger partial charge >= 0.3 is 6.18 Å². The maximum atomic E-state index is 12.9. The van der Waals surface area contributed by atoms with Gasteiger partial charge in [0.2, 0.25) is 0 Å². The van der Waals surface area contributed by atoms with Gasteiger partial charge in [-0.25, -0.2) is 4.98 Å². The van der Waals surface area contributed by atoms with Gasteiger partial charge in [-0.05, 0) is 37.6 Å². The molecule has 2 aromatic rings. The number of pyridine rings is 1. The average molecular weight is 319 g/mol. The van der Waals surface area contributed by atoms with Crippen LogP contribution in [0.15, 0.2) is 36.4 Å². The van der Waals surface area contributed by atoms with Crippen LogP contribution in [0, 0.1) is 0 Å². The lowest BCUT2D eigenvalue weighted by Gasteiger charge is -2.34. The first-order valence-corrected chi connectivity index (χ1v) is 7.65. The van der Waals surface area contributed by atoms with Gasteiger partial charge in [0.05, 0.1) is 16.9 Å². The first-order chi connectivity index (χ1) is 10.9. The summed E-state index contributed by atoms with van der Waals surface area (Å²) in [5, 5.41) is 3.42. The molecule has 2 bridgehead atoms. The highest BCUT2D eigenvalue weighted by Crippen LogP contribution is 2.39. The second-order valence-electron chi connectivity index (χ2n) is 6.12. The Morgan fingerprint density at radius 3 is 2.83 bits per heavy atom. The summed E-state index contributed by atoms with van der Waals surface area (Å²) in [5.41, 5.74) is 1.41. The van der Waals surface area contributed by atoms with Crippen LogP contribution in [0.25, 0.3) is 11.3 Å². The Balaban J connectivity index is 1.74. The zero-order chi connectivity index (χ0) is 16.2. The minimum atomic E-state index is -4.34. The van der Waals surface area contributed by atoms with Crippen molar-refractivity contribution in [2.24, 2.45) is 0 Å². The second-order valence-corrected chi connectivity index (χ2v) is 6.12. The molecule has 0 radical (unpaired) electrons. The highest BCUT2D eigenvalue weighted by molar-refractivity contribution is 5.75. The molecule has 0 aliphatic carbocycles. The standard InChI is InChI=1S/C17H16F3N3/c1-10-13-7-8-23(10)15-6-5-14(22-16(15)21-13)11-3-2-4-12(9-11)17(18,19)20/h2-6,9-10,13H,7-8H2,1H3,(H,21,22)/t10-,13-/m0/s1. The molecule has 2 aliphatic heterocycles. The number of halogens is 3. The number of benzene rings is 1. The number of hydrogen-bond donors (Lipinski definition) is 1. The van der Waals surface area contributed by atoms with Crippen molar-refractivity contribution in [3.8, 4) is 11.3 Å². The fraction of sp³-hybridized carbons (Fsp3) is 0.353. The molecule has 1 aromatic heterocycles. The van der Waals surface area contributed by atoms with E-state index in [1.807, 2.05) is 6.07 Å². The summed E-state index contributed by atoms with van der Waals surface area (Å²) >= 11 is 0. The number of alkyl halides is 3. The van der Waals surface area contributed by atoms with Gasteiger partial charge in [-0.15, -0.1) is 0 Å². The Morgan fingerprint density at radius 1 is 1.22 bits per heavy atom. The molecule has 6 heteroatoms. The minimum absolute atomic E-state index is 0.353. The molecule has 0 unspecified atom stereocenters. The maximum absolute atomic E-state index is 12.9. The van der Waals surface area contributed by atoms with Crippen LogP contribution < -0.4 is 10.2 Å². The topological polar surface area (TPSA) is 28.2 Å². The quantitative estimate of drug-likeness (QED) is 0.855. The van der Waals surface area contributed by atoms with Crippen LogP contribution in [0.2, 0.25) is 0 Å². The summed E-state index contributed by atoms with van der Waals surface area (Å²) in [5.74, 6) is 0.764. The van der Waals surface area contributed by atoms with Gasteiger partial charge in [0.15, 0.2) is 5.82 Å². The van der Waals surface area contributed by atoms with Crippen LogP contribution >= 0.6 is 0 Å². The van der Waals surface area contributed by atoms with Gasteiger partial charge in [-0.3, -0.25) is 0 Å². The molecule has 120 valence electrons. The van der Waals surface area contributed by atoms with E-state index >= 15 is 0 Å². The van der Waals surface area contributed by atoms with E-state index in [2.05, 4.69) is 22.1 Å². The van der Waals surface area contributed by atoms with Crippen LogP contribution in [0.3, 0.4) is 0 Å². The Morgan fingerprint density at radius 2 is 2.04 bits per heavy atom. The van der Waals surface area contributed by atoms with Crippen LogP contribution in [-0.4, -0.2) is 23.6 Å². The summed E-state index contributed by atoms with van der Waals surface area (Å²) in [6.45, 7) is 3.16. The molecule has 1 N–H and O–H groups in total. The lowest BCUT2D eigenvalue weighted by Crippen LogP contribution is -2.41. The predicted molar refractivity (Wildman–Crippen MR) is 83.5 cm³/mol. The van der Waals surface area contributed by atoms with Crippen LogP contribution in [-0.2, 0) is 6.18 Å². The van der Waals surface area contributed by atoms with Gasteiger partial charge in [0, 0.05) is 24.2 Å². The van der Waals surface area contributed by atoms with E-state index in [9.17, 15) is 13.2 Å². The number of aromatic nitrogens is 1. The average Bonchev–Trinajstić information content (AvgIpc) is 2.77. The molecular formula is C17H16F3N3. The summed E-state index contributed by atoms with van der Waals surface area (Å²) in [6, 6.07) is 9.81. The highest BCUT2D eigenvalue weighted by atomic mass is 19.4. The van der Waals surface area contributed by atoms with E-state index in [1.54, 1.807) is 12.1 Å². The van der Waals surface area contributed by atoms with E-state index in [1.165, 1.54) is 6.07 Å². The van der Waals surface area contributed by atoms with E-state index in [4.69, 9.17) is 0 Å². The van der Waals surface area contributed by atoms with Crippen LogP contribution in [0.4, 0.5) is 24.7 Å². The second kappa shape index (κ2) is 4.88. The number of nitrogens with one attached hydrogen (secondary N) is 1. The smallest absolute Gasteiger partial charge is 0.364 e. The summed E-state index contributed by atoms with van der Waals surface area (Å²) in [6.07, 6.45) is -3.29. The van der Waals surface area contributed by atoms with E-state index in [-0.39, 0.29) is 0 Å². The molecule has 0 saturated carbocycles. The van der Waals surface area contributed by atoms with Crippen molar-refractivity contribution in [2.45, 2.75) is 31.6 Å². The molecule has 3 nitrogen and oxygen atoms in total. The third kappa shape index (κ3) is 2.33. The van der Waals surface area contributed by atoms with Crippen molar-refractivity contribution in [3.05, 3.63) is 42.0 Å². The van der Waals surface area contributed by atoms with Gasteiger partial charge in [-0.1, -0.05) is 12.1 Å².